The second kappa shape index (κ2) is 39.8. The van der Waals surface area contributed by atoms with Gasteiger partial charge in [-0.15, -0.1) is 0 Å². The summed E-state index contributed by atoms with van der Waals surface area (Å²) in [7, 11) is 1.71. The summed E-state index contributed by atoms with van der Waals surface area (Å²) in [5.74, 6) is 0. The summed E-state index contributed by atoms with van der Waals surface area (Å²) in [6.45, 7) is 14.9. The number of alkyl carbamates (subject to hydrolysis) is 1. The van der Waals surface area contributed by atoms with Crippen LogP contribution in [0.3, 0.4) is 0 Å². The number of amides is 1. The maximum atomic E-state index is 12.4. The minimum Gasteiger partial charge on any atom is -0.447 e. The van der Waals surface area contributed by atoms with E-state index in [1.807, 2.05) is 6.92 Å². The van der Waals surface area contributed by atoms with Crippen LogP contribution in [-0.2, 0) is 28.4 Å². The standard InChI is InChI=1S/C44H89NO7/c1-7-9-11-13-15-17-19-21-23-25-27-29-34-48-39-42(50-35-30-28-26-24-22-20-18-16-14-12-10-8-2)40-51-43(46)45-33-38-49-41(3)31-36-52-44(4,5)32-37-47-6/h41-42H,7-40H2,1-6H3,(H,45,46). The molecule has 0 saturated heterocycles. The molecule has 0 radical (unpaired) electrons. The fourth-order valence-corrected chi connectivity index (χ4v) is 6.23. The largest absolute Gasteiger partial charge is 0.447 e. The summed E-state index contributed by atoms with van der Waals surface area (Å²) >= 11 is 0. The van der Waals surface area contributed by atoms with Gasteiger partial charge in [-0.2, -0.15) is 0 Å². The third kappa shape index (κ3) is 38.8. The van der Waals surface area contributed by atoms with Crippen LogP contribution in [0.5, 0.6) is 0 Å². The van der Waals surface area contributed by atoms with Crippen molar-refractivity contribution < 1.29 is 33.2 Å². The molecule has 52 heavy (non-hydrogen) atoms. The molecule has 0 aliphatic rings. The zero-order chi connectivity index (χ0) is 38.2. The molecule has 0 spiro atoms. The van der Waals surface area contributed by atoms with Crippen molar-refractivity contribution in [2.45, 2.75) is 219 Å². The lowest BCUT2D eigenvalue weighted by Crippen LogP contribution is -2.34. The molecular weight excluding hydrogens is 654 g/mol. The van der Waals surface area contributed by atoms with E-state index < -0.39 is 6.09 Å². The van der Waals surface area contributed by atoms with Gasteiger partial charge in [0.15, 0.2) is 0 Å². The molecule has 0 saturated carbocycles. The predicted octanol–water partition coefficient (Wildman–Crippen LogP) is 12.1. The summed E-state index contributed by atoms with van der Waals surface area (Å²) in [4.78, 5) is 12.4. The molecule has 0 aliphatic heterocycles. The van der Waals surface area contributed by atoms with Crippen molar-refractivity contribution in [3.8, 4) is 0 Å². The minimum atomic E-state index is -0.445. The van der Waals surface area contributed by atoms with Gasteiger partial charge in [0.05, 0.1) is 24.9 Å². The van der Waals surface area contributed by atoms with Crippen LogP contribution < -0.4 is 5.32 Å². The highest BCUT2D eigenvalue weighted by Crippen LogP contribution is 2.16. The number of nitrogens with one attached hydrogen (secondary N) is 1. The first kappa shape index (κ1) is 51.1. The first-order chi connectivity index (χ1) is 25.3. The smallest absolute Gasteiger partial charge is 0.407 e. The Balaban J connectivity index is 4.22. The van der Waals surface area contributed by atoms with Crippen LogP contribution in [0.4, 0.5) is 4.79 Å². The fraction of sp³-hybridized carbons (Fsp3) is 0.977. The highest BCUT2D eigenvalue weighted by Gasteiger charge is 2.18. The van der Waals surface area contributed by atoms with Crippen LogP contribution >= 0.6 is 0 Å². The van der Waals surface area contributed by atoms with E-state index in [2.05, 4.69) is 33.0 Å². The summed E-state index contributed by atoms with van der Waals surface area (Å²) in [6.07, 6.45) is 32.7. The van der Waals surface area contributed by atoms with Crippen molar-refractivity contribution in [1.82, 2.24) is 5.32 Å². The predicted molar refractivity (Wildman–Crippen MR) is 219 cm³/mol. The number of rotatable bonds is 42. The Bertz CT molecular complexity index is 723. The molecule has 1 amide bonds. The SMILES string of the molecule is CCCCCCCCCCCCCCOCC(COC(=O)NCCOC(C)CCOC(C)(C)CCOC)OCCCCCCCCCCCCCC. The van der Waals surface area contributed by atoms with Crippen molar-refractivity contribution in [2.24, 2.45) is 0 Å². The molecule has 2 unspecified atom stereocenters. The lowest BCUT2D eigenvalue weighted by molar-refractivity contribution is -0.0532. The van der Waals surface area contributed by atoms with Gasteiger partial charge in [0.25, 0.3) is 0 Å². The van der Waals surface area contributed by atoms with E-state index >= 15 is 0 Å². The van der Waals surface area contributed by atoms with Gasteiger partial charge in [-0.1, -0.05) is 155 Å². The monoisotopic (exact) mass is 744 g/mol. The maximum Gasteiger partial charge on any atom is 0.407 e. The molecule has 2 atom stereocenters. The lowest BCUT2D eigenvalue weighted by atomic mass is 10.1. The molecule has 312 valence electrons. The maximum absolute atomic E-state index is 12.4. The Morgan fingerprint density at radius 1 is 0.577 bits per heavy atom. The van der Waals surface area contributed by atoms with Crippen molar-refractivity contribution in [3.05, 3.63) is 0 Å². The van der Waals surface area contributed by atoms with E-state index in [4.69, 9.17) is 28.4 Å². The molecule has 0 fully saturated rings. The molecule has 0 aromatic heterocycles. The van der Waals surface area contributed by atoms with Crippen LogP contribution in [-0.4, -0.2) is 83.8 Å². The van der Waals surface area contributed by atoms with Gasteiger partial charge in [0.1, 0.15) is 12.7 Å². The van der Waals surface area contributed by atoms with Crippen LogP contribution in [0.25, 0.3) is 0 Å². The van der Waals surface area contributed by atoms with Crippen molar-refractivity contribution in [2.75, 3.05) is 59.9 Å². The van der Waals surface area contributed by atoms with E-state index in [9.17, 15) is 4.79 Å². The number of carbonyl (C=O) groups excluding carboxylic acids is 1. The van der Waals surface area contributed by atoms with Gasteiger partial charge < -0.3 is 33.7 Å². The van der Waals surface area contributed by atoms with Gasteiger partial charge >= 0.3 is 6.09 Å². The molecule has 1 N–H and O–H groups in total. The first-order valence-electron chi connectivity index (χ1n) is 22.2. The number of hydrogen-bond acceptors (Lipinski definition) is 7. The number of hydrogen-bond donors (Lipinski definition) is 1. The van der Waals surface area contributed by atoms with Gasteiger partial charge in [-0.05, 0) is 46.5 Å². The highest BCUT2D eigenvalue weighted by atomic mass is 16.6. The molecule has 0 heterocycles. The average molecular weight is 744 g/mol. The molecule has 0 aromatic rings. The Morgan fingerprint density at radius 3 is 1.56 bits per heavy atom. The highest BCUT2D eigenvalue weighted by molar-refractivity contribution is 5.67. The summed E-state index contributed by atoms with van der Waals surface area (Å²) in [5, 5.41) is 2.81. The van der Waals surface area contributed by atoms with E-state index in [0.717, 1.165) is 32.3 Å². The third-order valence-corrected chi connectivity index (χ3v) is 9.90. The molecule has 0 bridgehead atoms. The zero-order valence-corrected chi connectivity index (χ0v) is 35.6. The number of methoxy groups -OCH3 is 1. The average Bonchev–Trinajstić information content (AvgIpc) is 3.13. The number of unbranched alkanes of at least 4 members (excludes halogenated alkanes) is 22. The molecular formula is C44H89NO7. The normalized spacial score (nSPS) is 13.0. The Hall–Kier alpha value is -0.930. The van der Waals surface area contributed by atoms with Crippen molar-refractivity contribution >= 4 is 6.09 Å². The summed E-state index contributed by atoms with van der Waals surface area (Å²) in [6, 6.07) is 0. The molecule has 8 nitrogen and oxygen atoms in total. The van der Waals surface area contributed by atoms with Gasteiger partial charge in [-0.25, -0.2) is 4.79 Å². The number of ether oxygens (including phenoxy) is 6. The van der Waals surface area contributed by atoms with Crippen LogP contribution in [0, 0.1) is 0 Å². The molecule has 8 heteroatoms. The first-order valence-corrected chi connectivity index (χ1v) is 22.2. The topological polar surface area (TPSA) is 84.5 Å². The van der Waals surface area contributed by atoms with E-state index in [0.29, 0.717) is 39.6 Å². The Morgan fingerprint density at radius 2 is 1.06 bits per heavy atom. The number of carbonyl (C=O) groups is 1. The quantitative estimate of drug-likeness (QED) is 0.0623. The summed E-state index contributed by atoms with van der Waals surface area (Å²) in [5.41, 5.74) is -0.216. The zero-order valence-electron chi connectivity index (χ0n) is 35.6. The van der Waals surface area contributed by atoms with Gasteiger partial charge in [0.2, 0.25) is 0 Å². The van der Waals surface area contributed by atoms with Crippen molar-refractivity contribution in [1.29, 1.82) is 0 Å². The fourth-order valence-electron chi connectivity index (χ4n) is 6.23. The Kier molecular flexibility index (Phi) is 39.0. The molecule has 0 rings (SSSR count). The van der Waals surface area contributed by atoms with E-state index in [-0.39, 0.29) is 24.4 Å². The second-order valence-corrected chi connectivity index (χ2v) is 15.7. The third-order valence-electron chi connectivity index (χ3n) is 9.90. The lowest BCUT2D eigenvalue weighted by Gasteiger charge is -2.26. The molecule has 0 aromatic carbocycles. The van der Waals surface area contributed by atoms with Crippen LogP contribution in [0.2, 0.25) is 0 Å². The van der Waals surface area contributed by atoms with E-state index in [1.165, 1.54) is 141 Å². The van der Waals surface area contributed by atoms with Gasteiger partial charge in [-0.3, -0.25) is 0 Å². The minimum absolute atomic E-state index is 0.0383. The molecule has 0 aliphatic carbocycles. The van der Waals surface area contributed by atoms with Gasteiger partial charge in [0, 0.05) is 40.1 Å². The van der Waals surface area contributed by atoms with E-state index in [1.54, 1.807) is 7.11 Å². The second-order valence-electron chi connectivity index (χ2n) is 15.7. The van der Waals surface area contributed by atoms with Crippen molar-refractivity contribution in [3.63, 3.8) is 0 Å². The van der Waals surface area contributed by atoms with Crippen LogP contribution in [0.1, 0.15) is 202 Å². The Labute approximate surface area is 323 Å². The van der Waals surface area contributed by atoms with Crippen LogP contribution in [0.15, 0.2) is 0 Å². The summed E-state index contributed by atoms with van der Waals surface area (Å²) < 4.78 is 34.7.